The van der Waals surface area contributed by atoms with E-state index in [4.69, 9.17) is 9.84 Å². The molecule has 7 nitrogen and oxygen atoms in total. The fraction of sp³-hybridized carbons (Fsp3) is 0.786. The van der Waals surface area contributed by atoms with Crippen LogP contribution in [0.25, 0.3) is 0 Å². The van der Waals surface area contributed by atoms with Crippen LogP contribution in [0.4, 0.5) is 4.79 Å². The standard InChI is InChI=1S/C14H24N2O5/c1-4-21-14(20)15-11-6-5-7-16(8-11)12(17)9(2)10(3)13(18)19/h9-11H,4-8H2,1-3H3,(H,15,20)(H,18,19). The van der Waals surface area contributed by atoms with Crippen LogP contribution in [0.15, 0.2) is 0 Å². The van der Waals surface area contributed by atoms with Crippen molar-refractivity contribution >= 4 is 18.0 Å². The third kappa shape index (κ3) is 4.91. The van der Waals surface area contributed by atoms with Crippen LogP contribution in [-0.2, 0) is 14.3 Å². The van der Waals surface area contributed by atoms with E-state index in [0.717, 1.165) is 12.8 Å². The Morgan fingerprint density at radius 3 is 2.57 bits per heavy atom. The molecule has 120 valence electrons. The first kappa shape index (κ1) is 17.3. The molecule has 0 radical (unpaired) electrons. The number of ether oxygens (including phenoxy) is 1. The summed E-state index contributed by atoms with van der Waals surface area (Å²) < 4.78 is 4.83. The molecule has 3 unspecified atom stereocenters. The predicted octanol–water partition coefficient (Wildman–Crippen LogP) is 1.08. The quantitative estimate of drug-likeness (QED) is 0.792. The van der Waals surface area contributed by atoms with Crippen LogP contribution in [0, 0.1) is 11.8 Å². The lowest BCUT2D eigenvalue weighted by atomic mass is 9.93. The number of carboxylic acids is 1. The van der Waals surface area contributed by atoms with Gasteiger partial charge in [-0.2, -0.15) is 0 Å². The summed E-state index contributed by atoms with van der Waals surface area (Å²) in [6, 6.07) is -0.144. The molecule has 1 rings (SSSR count). The maximum absolute atomic E-state index is 12.3. The van der Waals surface area contributed by atoms with Crippen LogP contribution >= 0.6 is 0 Å². The Morgan fingerprint density at radius 1 is 1.33 bits per heavy atom. The topological polar surface area (TPSA) is 95.9 Å². The number of nitrogens with one attached hydrogen (secondary N) is 1. The molecular formula is C14H24N2O5. The zero-order chi connectivity index (χ0) is 16.0. The van der Waals surface area contributed by atoms with Crippen LogP contribution in [0.3, 0.4) is 0 Å². The van der Waals surface area contributed by atoms with Gasteiger partial charge in [-0.05, 0) is 19.8 Å². The van der Waals surface area contributed by atoms with Crippen molar-refractivity contribution in [3.63, 3.8) is 0 Å². The van der Waals surface area contributed by atoms with Gasteiger partial charge in [-0.25, -0.2) is 4.79 Å². The van der Waals surface area contributed by atoms with Crippen LogP contribution in [0.1, 0.15) is 33.6 Å². The van der Waals surface area contributed by atoms with E-state index in [1.54, 1.807) is 18.7 Å². The molecule has 1 aliphatic rings. The van der Waals surface area contributed by atoms with Crippen molar-refractivity contribution in [2.45, 2.75) is 39.7 Å². The highest BCUT2D eigenvalue weighted by Gasteiger charge is 2.32. The predicted molar refractivity (Wildman–Crippen MR) is 75.7 cm³/mol. The molecule has 1 saturated heterocycles. The number of nitrogens with zero attached hydrogens (tertiary/aromatic N) is 1. The van der Waals surface area contributed by atoms with E-state index in [9.17, 15) is 14.4 Å². The fourth-order valence-corrected chi connectivity index (χ4v) is 2.35. The molecule has 1 fully saturated rings. The van der Waals surface area contributed by atoms with Gasteiger partial charge in [-0.3, -0.25) is 9.59 Å². The van der Waals surface area contributed by atoms with Crippen LogP contribution in [0.5, 0.6) is 0 Å². The number of aliphatic carboxylic acids is 1. The number of hydrogen-bond acceptors (Lipinski definition) is 4. The zero-order valence-corrected chi connectivity index (χ0v) is 12.8. The molecule has 0 aromatic rings. The SMILES string of the molecule is CCOC(=O)NC1CCCN(C(=O)C(C)C(C)C(=O)O)C1. The second-order valence-corrected chi connectivity index (χ2v) is 5.40. The first-order valence-electron chi connectivity index (χ1n) is 7.31. The van der Waals surface area contributed by atoms with Gasteiger partial charge in [-0.15, -0.1) is 0 Å². The third-order valence-corrected chi connectivity index (χ3v) is 3.86. The smallest absolute Gasteiger partial charge is 0.407 e. The Kier molecular flexibility index (Phi) is 6.45. The van der Waals surface area contributed by atoms with E-state index in [-0.39, 0.29) is 11.9 Å². The molecular weight excluding hydrogens is 276 g/mol. The molecule has 0 bridgehead atoms. The molecule has 1 heterocycles. The number of amides is 2. The Labute approximate surface area is 124 Å². The first-order chi connectivity index (χ1) is 9.86. The Morgan fingerprint density at radius 2 is 2.00 bits per heavy atom. The Hall–Kier alpha value is -1.79. The number of piperidine rings is 1. The van der Waals surface area contributed by atoms with Crippen molar-refractivity contribution in [1.82, 2.24) is 10.2 Å². The van der Waals surface area contributed by atoms with Crippen molar-refractivity contribution in [3.05, 3.63) is 0 Å². The Balaban J connectivity index is 2.57. The van der Waals surface area contributed by atoms with Crippen LogP contribution in [0.2, 0.25) is 0 Å². The minimum Gasteiger partial charge on any atom is -0.481 e. The molecule has 0 aliphatic carbocycles. The van der Waals surface area contributed by atoms with Crippen molar-refractivity contribution in [1.29, 1.82) is 0 Å². The highest BCUT2D eigenvalue weighted by Crippen LogP contribution is 2.18. The number of carbonyl (C=O) groups is 3. The van der Waals surface area contributed by atoms with E-state index in [2.05, 4.69) is 5.32 Å². The molecule has 21 heavy (non-hydrogen) atoms. The number of likely N-dealkylation sites (tertiary alicyclic amines) is 1. The average Bonchev–Trinajstić information content (AvgIpc) is 2.45. The maximum atomic E-state index is 12.3. The molecule has 3 atom stereocenters. The van der Waals surface area contributed by atoms with Gasteiger partial charge in [0.25, 0.3) is 0 Å². The van der Waals surface area contributed by atoms with Gasteiger partial charge in [-0.1, -0.05) is 13.8 Å². The largest absolute Gasteiger partial charge is 0.481 e. The summed E-state index contributed by atoms with van der Waals surface area (Å²) in [5.74, 6) is -2.46. The van der Waals surface area contributed by atoms with Gasteiger partial charge in [0.1, 0.15) is 0 Å². The highest BCUT2D eigenvalue weighted by molar-refractivity contribution is 5.84. The third-order valence-electron chi connectivity index (χ3n) is 3.86. The average molecular weight is 300 g/mol. The van der Waals surface area contributed by atoms with Gasteiger partial charge < -0.3 is 20.1 Å². The summed E-state index contributed by atoms with van der Waals surface area (Å²) in [6.45, 7) is 6.18. The van der Waals surface area contributed by atoms with E-state index in [0.29, 0.717) is 19.7 Å². The maximum Gasteiger partial charge on any atom is 0.407 e. The molecule has 2 N–H and O–H groups in total. The fourth-order valence-electron chi connectivity index (χ4n) is 2.35. The van der Waals surface area contributed by atoms with Crippen LogP contribution in [-0.4, -0.2) is 53.7 Å². The van der Waals surface area contributed by atoms with Gasteiger partial charge in [0.2, 0.25) is 5.91 Å². The Bertz CT molecular complexity index is 399. The molecule has 0 saturated carbocycles. The molecule has 1 aliphatic heterocycles. The van der Waals surface area contributed by atoms with Gasteiger partial charge in [0, 0.05) is 25.0 Å². The van der Waals surface area contributed by atoms with E-state index in [1.807, 2.05) is 0 Å². The number of carbonyl (C=O) groups excluding carboxylic acids is 2. The summed E-state index contributed by atoms with van der Waals surface area (Å²) >= 11 is 0. The van der Waals surface area contributed by atoms with Crippen molar-refractivity contribution < 1.29 is 24.2 Å². The summed E-state index contributed by atoms with van der Waals surface area (Å²) in [5, 5.41) is 11.7. The summed E-state index contributed by atoms with van der Waals surface area (Å²) in [4.78, 5) is 36.3. The van der Waals surface area contributed by atoms with Crippen molar-refractivity contribution in [2.24, 2.45) is 11.8 Å². The zero-order valence-electron chi connectivity index (χ0n) is 12.8. The second kappa shape index (κ2) is 7.85. The van der Waals surface area contributed by atoms with E-state index >= 15 is 0 Å². The molecule has 7 heteroatoms. The minimum absolute atomic E-state index is 0.144. The molecule has 2 amide bonds. The van der Waals surface area contributed by atoms with E-state index in [1.165, 1.54) is 6.92 Å². The summed E-state index contributed by atoms with van der Waals surface area (Å²) in [7, 11) is 0. The lowest BCUT2D eigenvalue weighted by Crippen LogP contribution is -2.51. The van der Waals surface area contributed by atoms with Crippen molar-refractivity contribution in [2.75, 3.05) is 19.7 Å². The first-order valence-corrected chi connectivity index (χ1v) is 7.31. The molecule has 0 aromatic carbocycles. The molecule has 0 spiro atoms. The van der Waals surface area contributed by atoms with Crippen molar-refractivity contribution in [3.8, 4) is 0 Å². The second-order valence-electron chi connectivity index (χ2n) is 5.40. The number of hydrogen-bond donors (Lipinski definition) is 2. The normalized spacial score (nSPS) is 21.3. The number of rotatable bonds is 5. The van der Waals surface area contributed by atoms with Crippen LogP contribution < -0.4 is 5.32 Å². The molecule has 0 aromatic heterocycles. The summed E-state index contributed by atoms with van der Waals surface area (Å²) in [5.41, 5.74) is 0. The monoisotopic (exact) mass is 300 g/mol. The minimum atomic E-state index is -0.978. The van der Waals surface area contributed by atoms with E-state index < -0.39 is 23.9 Å². The lowest BCUT2D eigenvalue weighted by Gasteiger charge is -2.35. The van der Waals surface area contributed by atoms with Gasteiger partial charge >= 0.3 is 12.1 Å². The number of alkyl carbamates (subject to hydrolysis) is 1. The summed E-state index contributed by atoms with van der Waals surface area (Å²) in [6.07, 6.45) is 1.08. The lowest BCUT2D eigenvalue weighted by molar-refractivity contribution is -0.149. The number of carboxylic acid groups (broad SMARTS) is 1. The highest BCUT2D eigenvalue weighted by atomic mass is 16.5. The van der Waals surface area contributed by atoms with Gasteiger partial charge in [0.15, 0.2) is 0 Å². The van der Waals surface area contributed by atoms with Gasteiger partial charge in [0.05, 0.1) is 12.5 Å².